The third-order valence-corrected chi connectivity index (χ3v) is 3.31. The molecular weight excluding hydrogens is 328 g/mol. The molecule has 25 heavy (non-hydrogen) atoms. The fraction of sp³-hybridized carbons (Fsp3) is 0.222. The summed E-state index contributed by atoms with van der Waals surface area (Å²) in [5.74, 6) is -1.10. The molecule has 7 heteroatoms. The summed E-state index contributed by atoms with van der Waals surface area (Å²) in [4.78, 5) is 16.1. The van der Waals surface area contributed by atoms with Crippen LogP contribution in [-0.2, 0) is 4.74 Å². The molecule has 0 aliphatic heterocycles. The SMILES string of the molecule is CC(C)(C)OC(=O)Nc1ccn2cc(-c3cc(F)ccc3F)nc2c1. The number of carbonyl (C=O) groups excluding carboxylic acids is 1. The van der Waals surface area contributed by atoms with Crippen LogP contribution in [0.15, 0.2) is 42.7 Å². The molecule has 0 saturated carbocycles. The standard InChI is InChI=1S/C18H17F2N3O2/c1-18(2,3)25-17(24)21-12-6-7-23-10-15(22-16(23)9-12)13-8-11(19)4-5-14(13)20/h4-10H,1-3H3,(H,21,24). The number of nitrogens with zero attached hydrogens (tertiary/aromatic N) is 2. The third-order valence-electron chi connectivity index (χ3n) is 3.31. The molecule has 0 bridgehead atoms. The molecule has 0 saturated heterocycles. The van der Waals surface area contributed by atoms with Crippen molar-refractivity contribution in [2.24, 2.45) is 0 Å². The van der Waals surface area contributed by atoms with Crippen molar-refractivity contribution in [3.63, 3.8) is 0 Å². The number of fused-ring (bicyclic) bond motifs is 1. The first kappa shape index (κ1) is 16.9. The Morgan fingerprint density at radius 1 is 1.20 bits per heavy atom. The minimum absolute atomic E-state index is 0.0744. The molecule has 1 aromatic carbocycles. The van der Waals surface area contributed by atoms with Crippen molar-refractivity contribution in [1.82, 2.24) is 9.38 Å². The molecule has 0 aliphatic rings. The second-order valence-electron chi connectivity index (χ2n) is 6.56. The summed E-state index contributed by atoms with van der Waals surface area (Å²) in [7, 11) is 0. The fourth-order valence-electron chi connectivity index (χ4n) is 2.30. The van der Waals surface area contributed by atoms with Gasteiger partial charge in [-0.1, -0.05) is 0 Å². The highest BCUT2D eigenvalue weighted by Gasteiger charge is 2.17. The Hall–Kier alpha value is -2.96. The molecule has 0 atom stereocenters. The molecule has 3 rings (SSSR count). The van der Waals surface area contributed by atoms with Gasteiger partial charge in [0.25, 0.3) is 0 Å². The maximum Gasteiger partial charge on any atom is 0.412 e. The molecule has 3 aromatic rings. The van der Waals surface area contributed by atoms with Crippen LogP contribution in [0.5, 0.6) is 0 Å². The van der Waals surface area contributed by atoms with Crippen molar-refractivity contribution in [3.8, 4) is 11.3 Å². The molecule has 130 valence electrons. The van der Waals surface area contributed by atoms with E-state index in [1.54, 1.807) is 49.7 Å². The van der Waals surface area contributed by atoms with Gasteiger partial charge in [-0.25, -0.2) is 18.6 Å². The summed E-state index contributed by atoms with van der Waals surface area (Å²) in [5.41, 5.74) is 0.728. The van der Waals surface area contributed by atoms with Gasteiger partial charge in [-0.15, -0.1) is 0 Å². The van der Waals surface area contributed by atoms with Gasteiger partial charge in [0.1, 0.15) is 22.9 Å². The van der Waals surface area contributed by atoms with Gasteiger partial charge in [-0.05, 0) is 45.0 Å². The van der Waals surface area contributed by atoms with Crippen molar-refractivity contribution >= 4 is 17.4 Å². The van der Waals surface area contributed by atoms with Crippen molar-refractivity contribution in [2.75, 3.05) is 5.32 Å². The van der Waals surface area contributed by atoms with Crippen LogP contribution in [0.2, 0.25) is 0 Å². The number of halogens is 2. The lowest BCUT2D eigenvalue weighted by molar-refractivity contribution is 0.0636. The zero-order valence-electron chi connectivity index (χ0n) is 14.0. The Morgan fingerprint density at radius 3 is 2.68 bits per heavy atom. The Morgan fingerprint density at radius 2 is 1.96 bits per heavy atom. The smallest absolute Gasteiger partial charge is 0.412 e. The first-order valence-corrected chi connectivity index (χ1v) is 7.65. The Bertz CT molecular complexity index is 945. The second-order valence-corrected chi connectivity index (χ2v) is 6.56. The maximum atomic E-state index is 13.9. The summed E-state index contributed by atoms with van der Waals surface area (Å²) < 4.78 is 34.1. The van der Waals surface area contributed by atoms with Crippen molar-refractivity contribution in [2.45, 2.75) is 26.4 Å². The number of benzene rings is 1. The maximum absolute atomic E-state index is 13.9. The number of nitrogens with one attached hydrogen (secondary N) is 1. The van der Waals surface area contributed by atoms with Gasteiger partial charge in [0.05, 0.1) is 5.69 Å². The minimum atomic E-state index is -0.608. The number of imidazole rings is 1. The van der Waals surface area contributed by atoms with Gasteiger partial charge in [0.2, 0.25) is 0 Å². The van der Waals surface area contributed by atoms with E-state index in [-0.39, 0.29) is 5.56 Å². The highest BCUT2D eigenvalue weighted by molar-refractivity contribution is 5.85. The molecule has 1 N–H and O–H groups in total. The van der Waals surface area contributed by atoms with E-state index in [2.05, 4.69) is 10.3 Å². The van der Waals surface area contributed by atoms with E-state index in [4.69, 9.17) is 4.74 Å². The number of hydrogen-bond acceptors (Lipinski definition) is 3. The summed E-state index contributed by atoms with van der Waals surface area (Å²) in [6.07, 6.45) is 2.67. The van der Waals surface area contributed by atoms with Gasteiger partial charge in [-0.2, -0.15) is 0 Å². The van der Waals surface area contributed by atoms with E-state index in [0.29, 0.717) is 17.0 Å². The van der Waals surface area contributed by atoms with Gasteiger partial charge >= 0.3 is 6.09 Å². The highest BCUT2D eigenvalue weighted by Crippen LogP contribution is 2.24. The van der Waals surface area contributed by atoms with E-state index >= 15 is 0 Å². The van der Waals surface area contributed by atoms with Crippen molar-refractivity contribution < 1.29 is 18.3 Å². The minimum Gasteiger partial charge on any atom is -0.444 e. The summed E-state index contributed by atoms with van der Waals surface area (Å²) in [6, 6.07) is 6.48. The van der Waals surface area contributed by atoms with Crippen LogP contribution in [0.1, 0.15) is 20.8 Å². The molecular formula is C18H17F2N3O2. The molecule has 0 spiro atoms. The normalized spacial score (nSPS) is 11.6. The van der Waals surface area contributed by atoms with Crippen LogP contribution in [-0.4, -0.2) is 21.1 Å². The van der Waals surface area contributed by atoms with Gasteiger partial charge in [0, 0.05) is 29.7 Å². The quantitative estimate of drug-likeness (QED) is 0.737. The topological polar surface area (TPSA) is 55.6 Å². The fourth-order valence-corrected chi connectivity index (χ4v) is 2.30. The van der Waals surface area contributed by atoms with Crippen LogP contribution in [0.4, 0.5) is 19.3 Å². The lowest BCUT2D eigenvalue weighted by atomic mass is 10.1. The third kappa shape index (κ3) is 3.93. The number of pyridine rings is 1. The zero-order chi connectivity index (χ0) is 18.2. The van der Waals surface area contributed by atoms with Crippen LogP contribution < -0.4 is 5.32 Å². The van der Waals surface area contributed by atoms with Gasteiger partial charge in [0.15, 0.2) is 0 Å². The predicted molar refractivity (Wildman–Crippen MR) is 90.4 cm³/mol. The molecule has 0 fully saturated rings. The average molecular weight is 345 g/mol. The molecule has 0 radical (unpaired) electrons. The van der Waals surface area contributed by atoms with E-state index in [1.165, 1.54) is 0 Å². The number of ether oxygens (including phenoxy) is 1. The Kier molecular flexibility index (Phi) is 4.16. The number of carbonyl (C=O) groups is 1. The van der Waals surface area contributed by atoms with Crippen molar-refractivity contribution in [3.05, 3.63) is 54.4 Å². The summed E-state index contributed by atoms with van der Waals surface area (Å²) in [5, 5.41) is 2.61. The Labute approximate surface area is 143 Å². The van der Waals surface area contributed by atoms with Gasteiger partial charge < -0.3 is 9.14 Å². The summed E-state index contributed by atoms with van der Waals surface area (Å²) in [6.45, 7) is 5.30. The molecule has 2 aromatic heterocycles. The van der Waals surface area contributed by atoms with Crippen LogP contribution in [0, 0.1) is 11.6 Å². The van der Waals surface area contributed by atoms with Crippen molar-refractivity contribution in [1.29, 1.82) is 0 Å². The zero-order valence-corrected chi connectivity index (χ0v) is 14.0. The van der Waals surface area contributed by atoms with E-state index < -0.39 is 23.3 Å². The highest BCUT2D eigenvalue weighted by atomic mass is 19.1. The van der Waals surface area contributed by atoms with E-state index in [9.17, 15) is 13.6 Å². The molecule has 5 nitrogen and oxygen atoms in total. The number of hydrogen-bond donors (Lipinski definition) is 1. The molecule has 2 heterocycles. The number of amides is 1. The second kappa shape index (κ2) is 6.16. The predicted octanol–water partition coefficient (Wildman–Crippen LogP) is 4.63. The number of anilines is 1. The lowest BCUT2D eigenvalue weighted by Gasteiger charge is -2.19. The number of rotatable bonds is 2. The van der Waals surface area contributed by atoms with Gasteiger partial charge in [-0.3, -0.25) is 5.32 Å². The number of aromatic nitrogens is 2. The van der Waals surface area contributed by atoms with Crippen LogP contribution in [0.25, 0.3) is 16.9 Å². The molecule has 1 amide bonds. The average Bonchev–Trinajstić information content (AvgIpc) is 2.90. The van der Waals surface area contributed by atoms with E-state index in [0.717, 1.165) is 18.2 Å². The first-order chi connectivity index (χ1) is 11.7. The summed E-state index contributed by atoms with van der Waals surface area (Å²) >= 11 is 0. The lowest BCUT2D eigenvalue weighted by Crippen LogP contribution is -2.27. The molecule has 0 unspecified atom stereocenters. The Balaban J connectivity index is 1.89. The van der Waals surface area contributed by atoms with E-state index in [1.807, 2.05) is 0 Å². The van der Waals surface area contributed by atoms with Crippen LogP contribution in [0.3, 0.4) is 0 Å². The van der Waals surface area contributed by atoms with Crippen LogP contribution >= 0.6 is 0 Å². The first-order valence-electron chi connectivity index (χ1n) is 7.65. The largest absolute Gasteiger partial charge is 0.444 e. The molecule has 0 aliphatic carbocycles. The monoisotopic (exact) mass is 345 g/mol.